The van der Waals surface area contributed by atoms with Crippen LogP contribution < -0.4 is 5.32 Å². The van der Waals surface area contributed by atoms with Gasteiger partial charge in [0.1, 0.15) is 0 Å². The van der Waals surface area contributed by atoms with E-state index in [9.17, 15) is 4.79 Å². The van der Waals surface area contributed by atoms with Crippen molar-refractivity contribution in [1.82, 2.24) is 5.32 Å². The van der Waals surface area contributed by atoms with Gasteiger partial charge in [-0.25, -0.2) is 0 Å². The third-order valence-electron chi connectivity index (χ3n) is 1.92. The van der Waals surface area contributed by atoms with Crippen LogP contribution in [0.2, 0.25) is 0 Å². The Balaban J connectivity index is 2.37. The zero-order valence-electron chi connectivity index (χ0n) is 7.63. The largest absolute Gasteiger partial charge is 0.353 e. The van der Waals surface area contributed by atoms with Gasteiger partial charge in [0, 0.05) is 13.5 Å². The van der Waals surface area contributed by atoms with Gasteiger partial charge in [0.25, 0.3) is 0 Å². The van der Waals surface area contributed by atoms with Crippen LogP contribution in [0.25, 0.3) is 0 Å². The summed E-state index contributed by atoms with van der Waals surface area (Å²) in [5.41, 5.74) is 1.31. The standard InChI is InChI=1S/C10H15NO/c1-8-4-3-5-10(6-8)7-11-9(2)12/h3-5,8H,6-7H2,1-2H3,(H,11,12). The molecule has 1 N–H and O–H groups in total. The van der Waals surface area contributed by atoms with Crippen molar-refractivity contribution in [3.05, 3.63) is 23.8 Å². The van der Waals surface area contributed by atoms with Crippen molar-refractivity contribution in [2.45, 2.75) is 20.3 Å². The van der Waals surface area contributed by atoms with Crippen molar-refractivity contribution in [3.63, 3.8) is 0 Å². The normalized spacial score (nSPS) is 21.8. The summed E-state index contributed by atoms with van der Waals surface area (Å²) in [5.74, 6) is 0.650. The van der Waals surface area contributed by atoms with Crippen LogP contribution in [0.15, 0.2) is 23.8 Å². The fraction of sp³-hybridized carbons (Fsp3) is 0.500. The first kappa shape index (κ1) is 9.04. The molecule has 0 saturated heterocycles. The molecule has 2 heteroatoms. The molecule has 0 aliphatic heterocycles. The van der Waals surface area contributed by atoms with Crippen LogP contribution >= 0.6 is 0 Å². The number of hydrogen-bond acceptors (Lipinski definition) is 1. The van der Waals surface area contributed by atoms with E-state index in [-0.39, 0.29) is 5.91 Å². The first-order chi connectivity index (χ1) is 5.68. The molecule has 12 heavy (non-hydrogen) atoms. The van der Waals surface area contributed by atoms with E-state index in [0.29, 0.717) is 12.5 Å². The molecule has 0 aromatic heterocycles. The van der Waals surface area contributed by atoms with Gasteiger partial charge in [-0.15, -0.1) is 0 Å². The fourth-order valence-corrected chi connectivity index (χ4v) is 1.30. The lowest BCUT2D eigenvalue weighted by Crippen LogP contribution is -2.23. The van der Waals surface area contributed by atoms with Crippen molar-refractivity contribution < 1.29 is 4.79 Å². The van der Waals surface area contributed by atoms with Crippen LogP contribution in [0, 0.1) is 5.92 Å². The van der Waals surface area contributed by atoms with E-state index in [0.717, 1.165) is 6.42 Å². The minimum atomic E-state index is 0.0399. The van der Waals surface area contributed by atoms with E-state index >= 15 is 0 Å². The van der Waals surface area contributed by atoms with E-state index in [1.165, 1.54) is 5.57 Å². The Labute approximate surface area is 73.4 Å². The Hall–Kier alpha value is -1.05. The predicted octanol–water partition coefficient (Wildman–Crippen LogP) is 1.64. The zero-order valence-corrected chi connectivity index (χ0v) is 7.63. The molecule has 0 aromatic carbocycles. The van der Waals surface area contributed by atoms with Crippen molar-refractivity contribution in [1.29, 1.82) is 0 Å². The number of carbonyl (C=O) groups is 1. The Bertz CT molecular complexity index is 228. The Morgan fingerprint density at radius 2 is 2.50 bits per heavy atom. The summed E-state index contributed by atoms with van der Waals surface area (Å²) >= 11 is 0. The molecule has 1 rings (SSSR count). The molecule has 0 bridgehead atoms. The van der Waals surface area contributed by atoms with Crippen molar-refractivity contribution >= 4 is 5.91 Å². The van der Waals surface area contributed by atoms with Crippen LogP contribution in [0.5, 0.6) is 0 Å². The van der Waals surface area contributed by atoms with Gasteiger partial charge in [-0.3, -0.25) is 4.79 Å². The first-order valence-electron chi connectivity index (χ1n) is 4.29. The summed E-state index contributed by atoms with van der Waals surface area (Å²) in [5, 5.41) is 2.79. The molecule has 0 aromatic rings. The molecule has 1 aliphatic carbocycles. The number of carbonyl (C=O) groups excluding carboxylic acids is 1. The summed E-state index contributed by atoms with van der Waals surface area (Å²) in [6, 6.07) is 0. The van der Waals surface area contributed by atoms with Crippen LogP contribution in [-0.2, 0) is 4.79 Å². The highest BCUT2D eigenvalue weighted by Crippen LogP contribution is 2.16. The lowest BCUT2D eigenvalue weighted by atomic mass is 9.96. The summed E-state index contributed by atoms with van der Waals surface area (Å²) in [7, 11) is 0. The average molecular weight is 165 g/mol. The summed E-state index contributed by atoms with van der Waals surface area (Å²) in [4.78, 5) is 10.6. The number of rotatable bonds is 2. The van der Waals surface area contributed by atoms with E-state index in [4.69, 9.17) is 0 Å². The minimum Gasteiger partial charge on any atom is -0.353 e. The molecule has 2 nitrogen and oxygen atoms in total. The number of hydrogen-bond donors (Lipinski definition) is 1. The second kappa shape index (κ2) is 4.10. The van der Waals surface area contributed by atoms with Gasteiger partial charge in [-0.05, 0) is 12.3 Å². The van der Waals surface area contributed by atoms with Gasteiger partial charge in [-0.2, -0.15) is 0 Å². The molecule has 0 radical (unpaired) electrons. The maximum atomic E-state index is 10.6. The number of allylic oxidation sites excluding steroid dienone is 3. The number of nitrogens with one attached hydrogen (secondary N) is 1. The van der Waals surface area contributed by atoms with E-state index in [1.54, 1.807) is 6.92 Å². The Kier molecular flexibility index (Phi) is 3.09. The topological polar surface area (TPSA) is 29.1 Å². The third-order valence-corrected chi connectivity index (χ3v) is 1.92. The Morgan fingerprint density at radius 3 is 3.08 bits per heavy atom. The Morgan fingerprint density at radius 1 is 1.75 bits per heavy atom. The minimum absolute atomic E-state index is 0.0399. The van der Waals surface area contributed by atoms with Crippen LogP contribution in [0.4, 0.5) is 0 Å². The molecule has 1 aliphatic rings. The smallest absolute Gasteiger partial charge is 0.217 e. The average Bonchev–Trinajstić information content (AvgIpc) is 2.01. The molecule has 0 spiro atoms. The number of amides is 1. The van der Waals surface area contributed by atoms with Gasteiger partial charge >= 0.3 is 0 Å². The molecule has 1 atom stereocenters. The highest BCUT2D eigenvalue weighted by atomic mass is 16.1. The summed E-state index contributed by atoms with van der Waals surface area (Å²) < 4.78 is 0. The van der Waals surface area contributed by atoms with Crippen molar-refractivity contribution in [2.24, 2.45) is 5.92 Å². The van der Waals surface area contributed by atoms with E-state index in [2.05, 4.69) is 30.5 Å². The van der Waals surface area contributed by atoms with Gasteiger partial charge < -0.3 is 5.32 Å². The molecular formula is C10H15NO. The van der Waals surface area contributed by atoms with E-state index < -0.39 is 0 Å². The fourth-order valence-electron chi connectivity index (χ4n) is 1.30. The van der Waals surface area contributed by atoms with Crippen LogP contribution in [-0.4, -0.2) is 12.5 Å². The second-order valence-corrected chi connectivity index (χ2v) is 3.30. The van der Waals surface area contributed by atoms with Gasteiger partial charge in [-0.1, -0.05) is 30.7 Å². The summed E-state index contributed by atoms with van der Waals surface area (Å²) in [6.45, 7) is 4.42. The lowest BCUT2D eigenvalue weighted by Gasteiger charge is -2.14. The maximum absolute atomic E-state index is 10.6. The highest BCUT2D eigenvalue weighted by molar-refractivity contribution is 5.73. The lowest BCUT2D eigenvalue weighted by molar-refractivity contribution is -0.118. The molecule has 66 valence electrons. The van der Waals surface area contributed by atoms with Crippen LogP contribution in [0.3, 0.4) is 0 Å². The molecule has 0 saturated carbocycles. The van der Waals surface area contributed by atoms with Gasteiger partial charge in [0.05, 0.1) is 0 Å². The predicted molar refractivity (Wildman–Crippen MR) is 49.7 cm³/mol. The third kappa shape index (κ3) is 2.91. The monoisotopic (exact) mass is 165 g/mol. The maximum Gasteiger partial charge on any atom is 0.217 e. The van der Waals surface area contributed by atoms with Gasteiger partial charge in [0.15, 0.2) is 0 Å². The molecule has 1 amide bonds. The molecule has 1 unspecified atom stereocenters. The van der Waals surface area contributed by atoms with Gasteiger partial charge in [0.2, 0.25) is 5.91 Å². The molecule has 0 heterocycles. The van der Waals surface area contributed by atoms with E-state index in [1.807, 2.05) is 0 Å². The van der Waals surface area contributed by atoms with Crippen molar-refractivity contribution in [3.8, 4) is 0 Å². The second-order valence-electron chi connectivity index (χ2n) is 3.30. The highest BCUT2D eigenvalue weighted by Gasteiger charge is 2.06. The SMILES string of the molecule is CC(=O)NCC1=CC=CC(C)C1. The van der Waals surface area contributed by atoms with Crippen LogP contribution in [0.1, 0.15) is 20.3 Å². The molecule has 0 fully saturated rings. The quantitative estimate of drug-likeness (QED) is 0.662. The van der Waals surface area contributed by atoms with Crippen molar-refractivity contribution in [2.75, 3.05) is 6.54 Å². The summed E-state index contributed by atoms with van der Waals surface area (Å²) in [6.07, 6.45) is 7.38. The molecular weight excluding hydrogens is 150 g/mol. The first-order valence-corrected chi connectivity index (χ1v) is 4.29. The zero-order chi connectivity index (χ0) is 8.97.